The summed E-state index contributed by atoms with van der Waals surface area (Å²) in [6, 6.07) is 0. The van der Waals surface area contributed by atoms with E-state index in [2.05, 4.69) is 0 Å². The molecule has 0 aliphatic rings. The molecule has 0 radical (unpaired) electrons. The van der Waals surface area contributed by atoms with E-state index < -0.39 is 29.0 Å². The average molecular weight is 274 g/mol. The fourth-order valence-electron chi connectivity index (χ4n) is 1.56. The smallest absolute Gasteiger partial charge is 0.338 e. The van der Waals surface area contributed by atoms with Gasteiger partial charge in [-0.15, -0.1) is 0 Å². The number of amides is 1. The summed E-state index contributed by atoms with van der Waals surface area (Å²) in [5.74, 6) is -2.94. The third-order valence-corrected chi connectivity index (χ3v) is 2.59. The van der Waals surface area contributed by atoms with Crippen LogP contribution in [0.4, 0.5) is 0 Å². The van der Waals surface area contributed by atoms with E-state index in [4.69, 9.17) is 10.5 Å². The molecule has 0 aliphatic heterocycles. The van der Waals surface area contributed by atoms with Crippen molar-refractivity contribution >= 4 is 17.8 Å². The minimum atomic E-state index is -1.91. The third-order valence-electron chi connectivity index (χ3n) is 2.59. The Labute approximate surface area is 112 Å². The SMILES string of the molecule is CN(C)[C@](CCC(N)=O)(C(=O)O)C(=O)OC(C)(C)C. The Morgan fingerprint density at radius 1 is 1.21 bits per heavy atom. The number of ether oxygens (including phenoxy) is 1. The largest absolute Gasteiger partial charge is 0.479 e. The first-order valence-corrected chi connectivity index (χ1v) is 5.86. The van der Waals surface area contributed by atoms with Crippen LogP contribution in [0.25, 0.3) is 0 Å². The zero-order valence-corrected chi connectivity index (χ0v) is 12.0. The fraction of sp³-hybridized carbons (Fsp3) is 0.750. The maximum absolute atomic E-state index is 12.2. The van der Waals surface area contributed by atoms with Gasteiger partial charge in [0.2, 0.25) is 11.4 Å². The van der Waals surface area contributed by atoms with Crippen LogP contribution in [0.15, 0.2) is 0 Å². The number of carboxylic acids is 1. The second-order valence-electron chi connectivity index (χ2n) is 5.53. The van der Waals surface area contributed by atoms with Crippen LogP contribution < -0.4 is 5.73 Å². The highest BCUT2D eigenvalue weighted by atomic mass is 16.6. The second-order valence-corrected chi connectivity index (χ2v) is 5.53. The van der Waals surface area contributed by atoms with Crippen molar-refractivity contribution in [2.45, 2.75) is 44.8 Å². The van der Waals surface area contributed by atoms with Gasteiger partial charge in [-0.1, -0.05) is 0 Å². The molecule has 110 valence electrons. The van der Waals surface area contributed by atoms with Crippen LogP contribution in [0, 0.1) is 0 Å². The van der Waals surface area contributed by atoms with Gasteiger partial charge < -0.3 is 15.6 Å². The molecule has 0 aromatic carbocycles. The minimum Gasteiger partial charge on any atom is -0.479 e. The van der Waals surface area contributed by atoms with Gasteiger partial charge in [0.05, 0.1) is 0 Å². The highest BCUT2D eigenvalue weighted by molar-refractivity contribution is 6.04. The fourth-order valence-corrected chi connectivity index (χ4v) is 1.56. The quantitative estimate of drug-likeness (QED) is 0.520. The number of likely N-dealkylation sites (N-methyl/N-ethyl adjacent to an activating group) is 1. The Hall–Kier alpha value is -1.63. The summed E-state index contributed by atoms with van der Waals surface area (Å²) in [6.07, 6.45) is -0.455. The Morgan fingerprint density at radius 2 is 1.68 bits per heavy atom. The minimum absolute atomic E-state index is 0.219. The molecule has 0 fully saturated rings. The van der Waals surface area contributed by atoms with E-state index in [1.807, 2.05) is 0 Å². The highest BCUT2D eigenvalue weighted by Crippen LogP contribution is 2.24. The summed E-state index contributed by atoms with van der Waals surface area (Å²) in [5, 5.41) is 9.38. The van der Waals surface area contributed by atoms with Gasteiger partial charge in [0.25, 0.3) is 0 Å². The van der Waals surface area contributed by atoms with Crippen LogP contribution >= 0.6 is 0 Å². The van der Waals surface area contributed by atoms with E-state index >= 15 is 0 Å². The summed E-state index contributed by atoms with van der Waals surface area (Å²) < 4.78 is 5.14. The highest BCUT2D eigenvalue weighted by Gasteiger charge is 2.51. The maximum atomic E-state index is 12.2. The van der Waals surface area contributed by atoms with Crippen molar-refractivity contribution in [3.05, 3.63) is 0 Å². The lowest BCUT2D eigenvalue weighted by atomic mass is 9.91. The molecule has 0 aliphatic carbocycles. The van der Waals surface area contributed by atoms with E-state index in [0.29, 0.717) is 0 Å². The van der Waals surface area contributed by atoms with Gasteiger partial charge >= 0.3 is 11.9 Å². The van der Waals surface area contributed by atoms with Crippen molar-refractivity contribution < 1.29 is 24.2 Å². The first-order valence-electron chi connectivity index (χ1n) is 5.86. The van der Waals surface area contributed by atoms with Crippen molar-refractivity contribution in [1.82, 2.24) is 4.90 Å². The summed E-state index contributed by atoms with van der Waals surface area (Å²) >= 11 is 0. The van der Waals surface area contributed by atoms with Gasteiger partial charge in [-0.25, -0.2) is 9.59 Å². The second kappa shape index (κ2) is 6.01. The maximum Gasteiger partial charge on any atom is 0.338 e. The van der Waals surface area contributed by atoms with E-state index in [1.165, 1.54) is 19.0 Å². The van der Waals surface area contributed by atoms with E-state index in [9.17, 15) is 19.5 Å². The number of hydrogen-bond donors (Lipinski definition) is 2. The lowest BCUT2D eigenvalue weighted by Crippen LogP contribution is -2.59. The number of rotatable bonds is 6. The Bertz CT molecular complexity index is 373. The standard InChI is InChI=1S/C12H22N2O5/c1-11(2,3)19-10(18)12(9(16)17,14(4)5)7-6-8(13)15/h6-7H2,1-5H3,(H2,13,15)(H,16,17)/t12-/m1/s1. The number of carbonyl (C=O) groups is 3. The Balaban J connectivity index is 5.40. The first-order chi connectivity index (χ1) is 8.43. The number of esters is 1. The van der Waals surface area contributed by atoms with Gasteiger partial charge in [-0.05, 0) is 41.3 Å². The molecule has 0 unspecified atom stereocenters. The number of carbonyl (C=O) groups excluding carboxylic acids is 2. The van der Waals surface area contributed by atoms with Crippen LogP contribution in [0.2, 0.25) is 0 Å². The molecule has 3 N–H and O–H groups in total. The topological polar surface area (TPSA) is 110 Å². The number of nitrogens with zero attached hydrogens (tertiary/aromatic N) is 1. The van der Waals surface area contributed by atoms with Crippen LogP contribution in [0.1, 0.15) is 33.6 Å². The van der Waals surface area contributed by atoms with E-state index in [1.54, 1.807) is 20.8 Å². The number of hydrogen-bond acceptors (Lipinski definition) is 5. The van der Waals surface area contributed by atoms with Crippen LogP contribution in [0.3, 0.4) is 0 Å². The molecule has 0 saturated carbocycles. The molecular formula is C12H22N2O5. The third kappa shape index (κ3) is 4.51. The molecule has 1 amide bonds. The summed E-state index contributed by atoms with van der Waals surface area (Å²) in [5.41, 5.74) is 2.29. The van der Waals surface area contributed by atoms with Crippen LogP contribution in [0.5, 0.6) is 0 Å². The van der Waals surface area contributed by atoms with Crippen molar-refractivity contribution in [3.63, 3.8) is 0 Å². The van der Waals surface area contributed by atoms with Crippen molar-refractivity contribution in [1.29, 1.82) is 0 Å². The van der Waals surface area contributed by atoms with Crippen molar-refractivity contribution in [2.75, 3.05) is 14.1 Å². The first kappa shape index (κ1) is 17.4. The van der Waals surface area contributed by atoms with Crippen molar-refractivity contribution in [3.8, 4) is 0 Å². The van der Waals surface area contributed by atoms with E-state index in [0.717, 1.165) is 0 Å². The van der Waals surface area contributed by atoms with Gasteiger partial charge in [-0.3, -0.25) is 9.69 Å². The number of nitrogens with two attached hydrogens (primary N) is 1. The molecule has 0 rings (SSSR count). The normalized spacial score (nSPS) is 14.8. The molecule has 0 aromatic heterocycles. The summed E-state index contributed by atoms with van der Waals surface area (Å²) in [7, 11) is 2.89. The van der Waals surface area contributed by atoms with Crippen molar-refractivity contribution in [2.24, 2.45) is 5.73 Å². The van der Waals surface area contributed by atoms with Gasteiger partial charge in [-0.2, -0.15) is 0 Å². The molecule has 7 nitrogen and oxygen atoms in total. The summed E-state index contributed by atoms with van der Waals surface area (Å²) in [6.45, 7) is 4.92. The van der Waals surface area contributed by atoms with Gasteiger partial charge in [0.1, 0.15) is 5.60 Å². The zero-order chi connectivity index (χ0) is 15.4. The monoisotopic (exact) mass is 274 g/mol. The lowest BCUT2D eigenvalue weighted by molar-refractivity contribution is -0.178. The number of aliphatic carboxylic acids is 1. The molecule has 0 saturated heterocycles. The molecule has 0 aromatic rings. The molecule has 0 bridgehead atoms. The zero-order valence-electron chi connectivity index (χ0n) is 12.0. The molecule has 19 heavy (non-hydrogen) atoms. The van der Waals surface area contributed by atoms with E-state index in [-0.39, 0.29) is 12.8 Å². The molecular weight excluding hydrogens is 252 g/mol. The average Bonchev–Trinajstić information content (AvgIpc) is 2.13. The predicted molar refractivity (Wildman–Crippen MR) is 68.3 cm³/mol. The van der Waals surface area contributed by atoms with Gasteiger partial charge in [0.15, 0.2) is 0 Å². The Morgan fingerprint density at radius 3 is 1.95 bits per heavy atom. The molecule has 0 heterocycles. The molecule has 1 atom stereocenters. The number of carboxylic acid groups (broad SMARTS) is 1. The van der Waals surface area contributed by atoms with Gasteiger partial charge in [0, 0.05) is 6.42 Å². The lowest BCUT2D eigenvalue weighted by Gasteiger charge is -2.35. The van der Waals surface area contributed by atoms with Crippen LogP contribution in [-0.2, 0) is 19.1 Å². The number of primary amides is 1. The molecule has 0 spiro atoms. The van der Waals surface area contributed by atoms with Crippen LogP contribution in [-0.4, -0.2) is 53.1 Å². The summed E-state index contributed by atoms with van der Waals surface area (Å²) in [4.78, 5) is 35.8. The predicted octanol–water partition coefficient (Wildman–Crippen LogP) is -0.0214. The Kier molecular flexibility index (Phi) is 5.49. The molecule has 7 heteroatoms.